The Morgan fingerprint density at radius 3 is 1.72 bits per heavy atom. The van der Waals surface area contributed by atoms with Gasteiger partial charge in [0, 0.05) is 18.2 Å². The van der Waals surface area contributed by atoms with Crippen LogP contribution in [0.15, 0.2) is 182 Å². The molecule has 0 aliphatic carbocycles. The van der Waals surface area contributed by atoms with E-state index in [1.165, 1.54) is 71.4 Å². The van der Waals surface area contributed by atoms with Crippen LogP contribution in [0.2, 0.25) is 0 Å². The molecule has 11 rings (SSSR count). The Labute approximate surface area is 307 Å². The van der Waals surface area contributed by atoms with Gasteiger partial charge in [-0.1, -0.05) is 158 Å². The molecule has 9 aromatic carbocycles. The maximum atomic E-state index is 5.30. The summed E-state index contributed by atoms with van der Waals surface area (Å²) in [5.41, 5.74) is 14.0. The fraction of sp³-hybridized carbons (Fsp3) is 0.0200. The SMILES string of the molecule is CN1c2c(-c3c4ccccc4c(-c4ccc(-c5ccccc5)cc4)c4ccccc34)cccc2-n2c(-c3ccc4ccccc4c3)nc3cccc1c32. The minimum atomic E-state index is 0.953. The molecule has 0 saturated carbocycles. The smallest absolute Gasteiger partial charge is 0.145 e. The Kier molecular flexibility index (Phi) is 6.47. The third-order valence-electron chi connectivity index (χ3n) is 11.1. The first-order chi connectivity index (χ1) is 26.2. The molecule has 0 radical (unpaired) electrons. The van der Waals surface area contributed by atoms with E-state index in [0.29, 0.717) is 0 Å². The van der Waals surface area contributed by atoms with E-state index in [1.807, 2.05) is 0 Å². The predicted molar refractivity (Wildman–Crippen MR) is 223 cm³/mol. The first-order valence-corrected chi connectivity index (χ1v) is 18.2. The fourth-order valence-electron chi connectivity index (χ4n) is 8.71. The van der Waals surface area contributed by atoms with Gasteiger partial charge in [0.1, 0.15) is 5.82 Å². The third kappa shape index (κ3) is 4.44. The molecule has 3 nitrogen and oxygen atoms in total. The van der Waals surface area contributed by atoms with Crippen molar-refractivity contribution in [1.29, 1.82) is 0 Å². The minimum Gasteiger partial charge on any atom is -0.341 e. The number of hydrogen-bond acceptors (Lipinski definition) is 2. The first kappa shape index (κ1) is 29.7. The molecule has 1 aliphatic heterocycles. The molecule has 0 bridgehead atoms. The lowest BCUT2D eigenvalue weighted by Gasteiger charge is -2.32. The summed E-state index contributed by atoms with van der Waals surface area (Å²) in [6.07, 6.45) is 0. The van der Waals surface area contributed by atoms with Crippen LogP contribution in [0, 0.1) is 0 Å². The average Bonchev–Trinajstić information content (AvgIpc) is 3.62. The molecular weight excluding hydrogens is 643 g/mol. The Balaban J connectivity index is 1.17. The summed E-state index contributed by atoms with van der Waals surface area (Å²) < 4.78 is 2.39. The van der Waals surface area contributed by atoms with Gasteiger partial charge in [0.2, 0.25) is 0 Å². The molecule has 53 heavy (non-hydrogen) atoms. The average molecular weight is 676 g/mol. The molecule has 0 fully saturated rings. The maximum Gasteiger partial charge on any atom is 0.145 e. The van der Waals surface area contributed by atoms with Crippen LogP contribution in [-0.4, -0.2) is 16.6 Å². The lowest BCUT2D eigenvalue weighted by molar-refractivity contribution is 1.05. The van der Waals surface area contributed by atoms with E-state index in [0.717, 1.165) is 33.8 Å². The number of fused-ring (bicyclic) bond motifs is 5. The van der Waals surface area contributed by atoms with Crippen LogP contribution in [0.25, 0.3) is 93.8 Å². The highest BCUT2D eigenvalue weighted by molar-refractivity contribution is 6.23. The van der Waals surface area contributed by atoms with Crippen molar-refractivity contribution in [3.8, 4) is 50.5 Å². The van der Waals surface area contributed by atoms with Gasteiger partial charge in [0.05, 0.1) is 28.1 Å². The number of aromatic nitrogens is 2. The van der Waals surface area contributed by atoms with Crippen LogP contribution in [0.5, 0.6) is 0 Å². The summed E-state index contributed by atoms with van der Waals surface area (Å²) in [5.74, 6) is 0.953. The van der Waals surface area contributed by atoms with Gasteiger partial charge in [-0.25, -0.2) is 4.98 Å². The van der Waals surface area contributed by atoms with Crippen molar-refractivity contribution >= 4 is 54.7 Å². The molecule has 0 atom stereocenters. The number of para-hydroxylation sites is 2. The minimum absolute atomic E-state index is 0.953. The number of hydrogen-bond donors (Lipinski definition) is 0. The Morgan fingerprint density at radius 2 is 0.981 bits per heavy atom. The molecule has 0 amide bonds. The third-order valence-corrected chi connectivity index (χ3v) is 11.1. The second kappa shape index (κ2) is 11.5. The first-order valence-electron chi connectivity index (χ1n) is 18.2. The molecule has 10 aromatic rings. The highest BCUT2D eigenvalue weighted by Crippen LogP contribution is 2.52. The predicted octanol–water partition coefficient (Wildman–Crippen LogP) is 13.2. The summed E-state index contributed by atoms with van der Waals surface area (Å²) in [6, 6.07) is 66.0. The number of anilines is 2. The van der Waals surface area contributed by atoms with Gasteiger partial charge in [0.25, 0.3) is 0 Å². The quantitative estimate of drug-likeness (QED) is 0.173. The van der Waals surface area contributed by atoms with Gasteiger partial charge < -0.3 is 4.90 Å². The van der Waals surface area contributed by atoms with E-state index in [-0.39, 0.29) is 0 Å². The van der Waals surface area contributed by atoms with Crippen LogP contribution in [0.3, 0.4) is 0 Å². The van der Waals surface area contributed by atoms with Gasteiger partial charge in [-0.3, -0.25) is 4.57 Å². The zero-order valence-corrected chi connectivity index (χ0v) is 29.2. The molecule has 0 saturated heterocycles. The van der Waals surface area contributed by atoms with Crippen LogP contribution in [0.1, 0.15) is 0 Å². The van der Waals surface area contributed by atoms with Crippen LogP contribution < -0.4 is 4.90 Å². The Morgan fingerprint density at radius 1 is 0.415 bits per heavy atom. The topological polar surface area (TPSA) is 21.1 Å². The summed E-state index contributed by atoms with van der Waals surface area (Å²) in [7, 11) is 2.20. The highest BCUT2D eigenvalue weighted by Gasteiger charge is 2.30. The number of nitrogens with zero attached hydrogens (tertiary/aromatic N) is 3. The van der Waals surface area contributed by atoms with Crippen molar-refractivity contribution < 1.29 is 0 Å². The highest BCUT2D eigenvalue weighted by atomic mass is 15.2. The van der Waals surface area contributed by atoms with Gasteiger partial charge in [-0.05, 0) is 84.4 Å². The zero-order chi connectivity index (χ0) is 35.0. The van der Waals surface area contributed by atoms with E-state index in [9.17, 15) is 0 Å². The van der Waals surface area contributed by atoms with E-state index >= 15 is 0 Å². The second-order valence-electron chi connectivity index (χ2n) is 14.0. The molecule has 1 aromatic heterocycles. The second-order valence-corrected chi connectivity index (χ2v) is 14.0. The van der Waals surface area contributed by atoms with Gasteiger partial charge in [-0.2, -0.15) is 0 Å². The van der Waals surface area contributed by atoms with E-state index in [2.05, 4.69) is 199 Å². The zero-order valence-electron chi connectivity index (χ0n) is 29.2. The molecular formula is C50H33N3. The molecule has 1 aliphatic rings. The Hall–Kier alpha value is -6.97. The maximum absolute atomic E-state index is 5.30. The summed E-state index contributed by atoms with van der Waals surface area (Å²) in [5, 5.41) is 7.39. The van der Waals surface area contributed by atoms with Gasteiger partial charge in [-0.15, -0.1) is 0 Å². The number of benzene rings is 9. The summed E-state index contributed by atoms with van der Waals surface area (Å²) >= 11 is 0. The van der Waals surface area contributed by atoms with Crippen molar-refractivity contribution in [1.82, 2.24) is 9.55 Å². The summed E-state index contributed by atoms with van der Waals surface area (Å²) in [4.78, 5) is 7.68. The monoisotopic (exact) mass is 675 g/mol. The van der Waals surface area contributed by atoms with Crippen molar-refractivity contribution in [2.75, 3.05) is 11.9 Å². The molecule has 248 valence electrons. The standard InChI is InChI=1S/C50H33N3/c1-52-44-23-12-22-43-49(44)53(50(51-43)37-30-27-33-15-5-6-16-36(33)31-37)45-24-11-21-42(48(45)52)47-40-19-9-7-17-38(40)46(39-18-8-10-20-41(39)47)35-28-25-34(26-29-35)32-13-3-2-4-14-32/h2-31H,1H3. The van der Waals surface area contributed by atoms with Crippen LogP contribution in [0.4, 0.5) is 11.4 Å². The van der Waals surface area contributed by atoms with E-state index in [1.54, 1.807) is 0 Å². The molecule has 0 unspecified atom stereocenters. The summed E-state index contributed by atoms with van der Waals surface area (Å²) in [6.45, 7) is 0. The van der Waals surface area contributed by atoms with Gasteiger partial charge in [0.15, 0.2) is 0 Å². The van der Waals surface area contributed by atoms with Crippen LogP contribution in [-0.2, 0) is 0 Å². The number of rotatable bonds is 4. The van der Waals surface area contributed by atoms with Crippen molar-refractivity contribution in [2.24, 2.45) is 0 Å². The van der Waals surface area contributed by atoms with Gasteiger partial charge >= 0.3 is 0 Å². The molecule has 3 heteroatoms. The molecule has 0 N–H and O–H groups in total. The molecule has 2 heterocycles. The normalized spacial score (nSPS) is 12.2. The van der Waals surface area contributed by atoms with E-state index < -0.39 is 0 Å². The van der Waals surface area contributed by atoms with E-state index in [4.69, 9.17) is 4.98 Å². The van der Waals surface area contributed by atoms with Crippen LogP contribution >= 0.6 is 0 Å². The van der Waals surface area contributed by atoms with Crippen molar-refractivity contribution in [3.63, 3.8) is 0 Å². The largest absolute Gasteiger partial charge is 0.341 e. The molecule has 0 spiro atoms. The number of imidazole rings is 1. The van der Waals surface area contributed by atoms with Crippen molar-refractivity contribution in [3.05, 3.63) is 182 Å². The Bertz CT molecular complexity index is 3010. The lowest BCUT2D eigenvalue weighted by atomic mass is 9.85. The van der Waals surface area contributed by atoms with Crippen molar-refractivity contribution in [2.45, 2.75) is 0 Å². The lowest BCUT2D eigenvalue weighted by Crippen LogP contribution is -2.19. The fourth-order valence-corrected chi connectivity index (χ4v) is 8.71.